The van der Waals surface area contributed by atoms with Crippen molar-refractivity contribution in [2.24, 2.45) is 0 Å². The molecule has 0 fully saturated rings. The van der Waals surface area contributed by atoms with Gasteiger partial charge in [-0.1, -0.05) is 35.3 Å². The van der Waals surface area contributed by atoms with Crippen LogP contribution in [0.4, 0.5) is 0 Å². The van der Waals surface area contributed by atoms with Crippen LogP contribution in [-0.4, -0.2) is 35.6 Å². The molecule has 6 nitrogen and oxygen atoms in total. The largest absolute Gasteiger partial charge is 0.454 e. The van der Waals surface area contributed by atoms with Crippen LogP contribution in [0.3, 0.4) is 0 Å². The fourth-order valence-electron chi connectivity index (χ4n) is 3.33. The monoisotopic (exact) mass is 464 g/mol. The molecule has 0 aromatic heterocycles. The maximum atomic E-state index is 13.2. The van der Waals surface area contributed by atoms with Crippen molar-refractivity contribution < 1.29 is 19.1 Å². The van der Waals surface area contributed by atoms with Crippen molar-refractivity contribution in [1.29, 1.82) is 0 Å². The van der Waals surface area contributed by atoms with E-state index in [2.05, 4.69) is 5.32 Å². The van der Waals surface area contributed by atoms with E-state index in [1.165, 1.54) is 4.90 Å². The molecule has 0 aliphatic carbocycles. The Hall–Kier alpha value is -2.44. The Morgan fingerprint density at radius 2 is 1.74 bits per heavy atom. The van der Waals surface area contributed by atoms with Gasteiger partial charge in [-0.3, -0.25) is 9.59 Å². The molecule has 0 unspecified atom stereocenters. The van der Waals surface area contributed by atoms with Crippen LogP contribution in [0.5, 0.6) is 11.5 Å². The number of aryl methyl sites for hydroxylation is 1. The topological polar surface area (TPSA) is 67.9 Å². The van der Waals surface area contributed by atoms with Gasteiger partial charge in [0.05, 0.1) is 0 Å². The van der Waals surface area contributed by atoms with Crippen LogP contribution < -0.4 is 14.8 Å². The first-order chi connectivity index (χ1) is 14.8. The van der Waals surface area contributed by atoms with E-state index in [0.29, 0.717) is 33.5 Å². The summed E-state index contributed by atoms with van der Waals surface area (Å²) in [7, 11) is 0. The third-order valence-electron chi connectivity index (χ3n) is 5.05. The maximum absolute atomic E-state index is 13.2. The summed E-state index contributed by atoms with van der Waals surface area (Å²) in [6, 6.07) is 10.1. The highest BCUT2D eigenvalue weighted by atomic mass is 35.5. The number of ether oxygens (including phenoxy) is 2. The molecule has 0 saturated heterocycles. The molecule has 1 atom stereocenters. The van der Waals surface area contributed by atoms with E-state index in [9.17, 15) is 9.59 Å². The van der Waals surface area contributed by atoms with Gasteiger partial charge in [0.15, 0.2) is 11.5 Å². The molecule has 0 radical (unpaired) electrons. The van der Waals surface area contributed by atoms with Crippen molar-refractivity contribution >= 4 is 35.0 Å². The number of amides is 2. The number of hydrogen-bond acceptors (Lipinski definition) is 4. The summed E-state index contributed by atoms with van der Waals surface area (Å²) in [4.78, 5) is 27.4. The number of carbonyl (C=O) groups excluding carboxylic acids is 2. The summed E-state index contributed by atoms with van der Waals surface area (Å²) in [5.74, 6) is 0.980. The summed E-state index contributed by atoms with van der Waals surface area (Å²) in [5, 5.41) is 3.78. The van der Waals surface area contributed by atoms with Crippen LogP contribution in [0.25, 0.3) is 0 Å². The van der Waals surface area contributed by atoms with E-state index in [1.54, 1.807) is 25.1 Å². The van der Waals surface area contributed by atoms with Gasteiger partial charge in [-0.15, -0.1) is 0 Å². The fraction of sp³-hybridized carbons (Fsp3) is 0.391. The zero-order valence-corrected chi connectivity index (χ0v) is 19.3. The summed E-state index contributed by atoms with van der Waals surface area (Å²) < 4.78 is 10.7. The maximum Gasteiger partial charge on any atom is 0.242 e. The lowest BCUT2D eigenvalue weighted by molar-refractivity contribution is -0.140. The van der Waals surface area contributed by atoms with Gasteiger partial charge < -0.3 is 19.7 Å². The molecule has 2 aromatic rings. The number of carbonyl (C=O) groups is 2. The van der Waals surface area contributed by atoms with E-state index in [0.717, 1.165) is 5.56 Å². The molecular weight excluding hydrogens is 439 g/mol. The number of nitrogens with zero attached hydrogens (tertiary/aromatic N) is 1. The molecule has 2 amide bonds. The van der Waals surface area contributed by atoms with Crippen LogP contribution in [0, 0.1) is 0 Å². The van der Waals surface area contributed by atoms with Gasteiger partial charge in [-0.25, -0.2) is 0 Å². The average molecular weight is 465 g/mol. The second kappa shape index (κ2) is 10.2. The molecule has 8 heteroatoms. The van der Waals surface area contributed by atoms with Gasteiger partial charge in [0, 0.05) is 34.6 Å². The first kappa shape index (κ1) is 23.2. The Morgan fingerprint density at radius 3 is 2.42 bits per heavy atom. The van der Waals surface area contributed by atoms with E-state index in [-0.39, 0.29) is 37.6 Å². The van der Waals surface area contributed by atoms with Gasteiger partial charge in [0.25, 0.3) is 0 Å². The standard InChI is InChI=1S/C23H26Cl2N2O4/c1-14(2)26-23(29)15(3)27(12-17-18(24)5-4-6-19(17)25)22(28)10-8-16-7-9-20-21(11-16)31-13-30-20/h4-7,9,11,14-15H,8,10,12-13H2,1-3H3,(H,26,29)/t15-/m1/s1. The van der Waals surface area contributed by atoms with E-state index in [4.69, 9.17) is 32.7 Å². The Balaban J connectivity index is 1.77. The number of fused-ring (bicyclic) bond motifs is 1. The van der Waals surface area contributed by atoms with Crippen molar-refractivity contribution in [1.82, 2.24) is 10.2 Å². The first-order valence-corrected chi connectivity index (χ1v) is 10.9. The third-order valence-corrected chi connectivity index (χ3v) is 5.76. The van der Waals surface area contributed by atoms with Gasteiger partial charge >= 0.3 is 0 Å². The van der Waals surface area contributed by atoms with Crippen molar-refractivity contribution in [3.63, 3.8) is 0 Å². The van der Waals surface area contributed by atoms with Crippen LogP contribution in [0.1, 0.15) is 38.3 Å². The number of halogens is 2. The average Bonchev–Trinajstić information content (AvgIpc) is 3.19. The quantitative estimate of drug-likeness (QED) is 0.619. The highest BCUT2D eigenvalue weighted by Gasteiger charge is 2.27. The fourth-order valence-corrected chi connectivity index (χ4v) is 3.85. The zero-order valence-electron chi connectivity index (χ0n) is 17.8. The predicted molar refractivity (Wildman–Crippen MR) is 121 cm³/mol. The number of nitrogens with one attached hydrogen (secondary N) is 1. The van der Waals surface area contributed by atoms with Crippen molar-refractivity contribution in [2.45, 2.75) is 52.2 Å². The molecule has 0 bridgehead atoms. The minimum Gasteiger partial charge on any atom is -0.454 e. The molecular formula is C23H26Cl2N2O4. The summed E-state index contributed by atoms with van der Waals surface area (Å²) in [5.41, 5.74) is 1.57. The second-order valence-electron chi connectivity index (χ2n) is 7.75. The molecule has 1 aliphatic heterocycles. The molecule has 166 valence electrons. The van der Waals surface area contributed by atoms with E-state index < -0.39 is 6.04 Å². The van der Waals surface area contributed by atoms with Gasteiger partial charge in [-0.05, 0) is 57.0 Å². The van der Waals surface area contributed by atoms with Crippen LogP contribution >= 0.6 is 23.2 Å². The van der Waals surface area contributed by atoms with Crippen LogP contribution in [-0.2, 0) is 22.6 Å². The lowest BCUT2D eigenvalue weighted by Gasteiger charge is -2.30. The van der Waals surface area contributed by atoms with E-state index >= 15 is 0 Å². The minimum absolute atomic E-state index is 0.0376. The molecule has 1 N–H and O–H groups in total. The lowest BCUT2D eigenvalue weighted by Crippen LogP contribution is -2.49. The lowest BCUT2D eigenvalue weighted by atomic mass is 10.1. The summed E-state index contributed by atoms with van der Waals surface area (Å²) >= 11 is 12.7. The SMILES string of the molecule is CC(C)NC(=O)[C@@H](C)N(Cc1c(Cl)cccc1Cl)C(=O)CCc1ccc2c(c1)OCO2. The normalized spacial score (nSPS) is 13.2. The first-order valence-electron chi connectivity index (χ1n) is 10.2. The van der Waals surface area contributed by atoms with Crippen LogP contribution in [0.15, 0.2) is 36.4 Å². The Labute approximate surface area is 192 Å². The Kier molecular flexibility index (Phi) is 7.68. The van der Waals surface area contributed by atoms with Crippen molar-refractivity contribution in [3.8, 4) is 11.5 Å². The number of benzene rings is 2. The zero-order chi connectivity index (χ0) is 22.5. The predicted octanol–water partition coefficient (Wildman–Crippen LogP) is 4.60. The highest BCUT2D eigenvalue weighted by Crippen LogP contribution is 2.33. The minimum atomic E-state index is -0.681. The third kappa shape index (κ3) is 5.83. The molecule has 1 aliphatic rings. The number of rotatable bonds is 8. The molecule has 2 aromatic carbocycles. The number of hydrogen-bond donors (Lipinski definition) is 1. The van der Waals surface area contributed by atoms with Crippen LogP contribution in [0.2, 0.25) is 10.0 Å². The second-order valence-corrected chi connectivity index (χ2v) is 8.56. The molecule has 0 spiro atoms. The molecule has 1 heterocycles. The summed E-state index contributed by atoms with van der Waals surface area (Å²) in [6.07, 6.45) is 0.724. The molecule has 3 rings (SSSR count). The smallest absolute Gasteiger partial charge is 0.242 e. The van der Waals surface area contributed by atoms with E-state index in [1.807, 2.05) is 32.0 Å². The molecule has 31 heavy (non-hydrogen) atoms. The Morgan fingerprint density at radius 1 is 1.06 bits per heavy atom. The highest BCUT2D eigenvalue weighted by molar-refractivity contribution is 6.36. The van der Waals surface area contributed by atoms with Gasteiger partial charge in [-0.2, -0.15) is 0 Å². The summed E-state index contributed by atoms with van der Waals surface area (Å²) in [6.45, 7) is 5.81. The molecule has 0 saturated carbocycles. The van der Waals surface area contributed by atoms with Crippen molar-refractivity contribution in [3.05, 3.63) is 57.6 Å². The Bertz CT molecular complexity index is 944. The van der Waals surface area contributed by atoms with Gasteiger partial charge in [0.2, 0.25) is 18.6 Å². The van der Waals surface area contributed by atoms with Crippen molar-refractivity contribution in [2.75, 3.05) is 6.79 Å². The van der Waals surface area contributed by atoms with Gasteiger partial charge in [0.1, 0.15) is 6.04 Å².